The van der Waals surface area contributed by atoms with Crippen LogP contribution in [-0.2, 0) is 6.54 Å². The Labute approximate surface area is 172 Å². The standard InChI is InChI=1S/C23H23BrN2O2/c24-20-12-6-5-11-19(20)23(28)26(18-9-2-1-3-10-18)15-17-14-16-8-4-7-13-21(16)25-22(17)27/h4-8,11-14,18H,1-3,9-10,15H2,(H,25,27). The van der Waals surface area contributed by atoms with Gasteiger partial charge in [0.05, 0.1) is 12.1 Å². The van der Waals surface area contributed by atoms with Gasteiger partial charge in [-0.1, -0.05) is 49.6 Å². The first-order valence-corrected chi connectivity index (χ1v) is 10.6. The van der Waals surface area contributed by atoms with E-state index in [0.717, 1.165) is 41.1 Å². The molecule has 1 saturated carbocycles. The number of aromatic nitrogens is 1. The monoisotopic (exact) mass is 438 g/mol. The molecule has 0 spiro atoms. The maximum atomic E-state index is 13.4. The second-order valence-electron chi connectivity index (χ2n) is 7.42. The molecular formula is C23H23BrN2O2. The fourth-order valence-electron chi connectivity index (χ4n) is 4.04. The first kappa shape index (κ1) is 18.9. The summed E-state index contributed by atoms with van der Waals surface area (Å²) in [6, 6.07) is 17.3. The van der Waals surface area contributed by atoms with E-state index in [1.54, 1.807) is 0 Å². The molecule has 1 aliphatic rings. The van der Waals surface area contributed by atoms with Gasteiger partial charge in [-0.25, -0.2) is 0 Å². The molecule has 28 heavy (non-hydrogen) atoms. The number of hydrogen-bond donors (Lipinski definition) is 1. The summed E-state index contributed by atoms with van der Waals surface area (Å²) in [6.45, 7) is 0.324. The number of para-hydroxylation sites is 1. The van der Waals surface area contributed by atoms with Crippen LogP contribution in [0.2, 0.25) is 0 Å². The topological polar surface area (TPSA) is 53.2 Å². The molecule has 0 unspecified atom stereocenters. The normalized spacial score (nSPS) is 14.9. The number of nitrogens with one attached hydrogen (secondary N) is 1. The zero-order valence-corrected chi connectivity index (χ0v) is 17.2. The maximum absolute atomic E-state index is 13.4. The van der Waals surface area contributed by atoms with E-state index in [1.165, 1.54) is 6.42 Å². The van der Waals surface area contributed by atoms with Crippen molar-refractivity contribution in [3.8, 4) is 0 Å². The number of hydrogen-bond acceptors (Lipinski definition) is 2. The largest absolute Gasteiger partial charge is 0.331 e. The Morgan fingerprint density at radius 3 is 2.54 bits per heavy atom. The van der Waals surface area contributed by atoms with Crippen LogP contribution in [0.5, 0.6) is 0 Å². The van der Waals surface area contributed by atoms with Gasteiger partial charge in [-0.05, 0) is 58.4 Å². The molecule has 144 valence electrons. The lowest BCUT2D eigenvalue weighted by atomic mass is 9.93. The van der Waals surface area contributed by atoms with Crippen LogP contribution in [0.1, 0.15) is 48.0 Å². The molecular weight excluding hydrogens is 416 g/mol. The molecule has 0 aliphatic heterocycles. The van der Waals surface area contributed by atoms with E-state index in [9.17, 15) is 9.59 Å². The maximum Gasteiger partial charge on any atom is 0.255 e. The van der Waals surface area contributed by atoms with E-state index in [1.807, 2.05) is 59.5 Å². The van der Waals surface area contributed by atoms with Gasteiger partial charge in [0.25, 0.3) is 11.5 Å². The second-order valence-corrected chi connectivity index (χ2v) is 8.27. The smallest absolute Gasteiger partial charge is 0.255 e. The van der Waals surface area contributed by atoms with Crippen LogP contribution in [0.25, 0.3) is 10.9 Å². The van der Waals surface area contributed by atoms with Crippen molar-refractivity contribution in [1.82, 2.24) is 9.88 Å². The molecule has 2 aromatic carbocycles. The third-order valence-electron chi connectivity index (χ3n) is 5.55. The number of fused-ring (bicyclic) bond motifs is 1. The minimum absolute atomic E-state index is 0.0214. The third-order valence-corrected chi connectivity index (χ3v) is 6.24. The number of carbonyl (C=O) groups excluding carboxylic acids is 1. The van der Waals surface area contributed by atoms with Gasteiger partial charge in [-0.15, -0.1) is 0 Å². The van der Waals surface area contributed by atoms with E-state index in [-0.39, 0.29) is 17.5 Å². The molecule has 0 atom stereocenters. The van der Waals surface area contributed by atoms with Crippen LogP contribution >= 0.6 is 15.9 Å². The van der Waals surface area contributed by atoms with E-state index >= 15 is 0 Å². The summed E-state index contributed by atoms with van der Waals surface area (Å²) in [5.74, 6) is -0.0214. The fourth-order valence-corrected chi connectivity index (χ4v) is 4.50. The van der Waals surface area contributed by atoms with Crippen molar-refractivity contribution < 1.29 is 4.79 Å². The number of carbonyl (C=O) groups is 1. The lowest BCUT2D eigenvalue weighted by Gasteiger charge is -2.34. The number of aromatic amines is 1. The fraction of sp³-hybridized carbons (Fsp3) is 0.304. The minimum atomic E-state index is -0.126. The Balaban J connectivity index is 1.72. The molecule has 0 bridgehead atoms. The van der Waals surface area contributed by atoms with E-state index in [2.05, 4.69) is 20.9 Å². The molecule has 3 aromatic rings. The summed E-state index contributed by atoms with van der Waals surface area (Å²) < 4.78 is 0.785. The van der Waals surface area contributed by atoms with Gasteiger partial charge in [0.2, 0.25) is 0 Å². The van der Waals surface area contributed by atoms with Crippen molar-refractivity contribution >= 4 is 32.7 Å². The predicted octanol–water partition coefficient (Wildman–Crippen LogP) is 5.27. The lowest BCUT2D eigenvalue weighted by Crippen LogP contribution is -2.42. The average Bonchev–Trinajstić information content (AvgIpc) is 2.72. The van der Waals surface area contributed by atoms with Gasteiger partial charge in [0.15, 0.2) is 0 Å². The number of amides is 1. The molecule has 1 heterocycles. The summed E-state index contributed by atoms with van der Waals surface area (Å²) in [6.07, 6.45) is 5.43. The summed E-state index contributed by atoms with van der Waals surface area (Å²) >= 11 is 3.51. The van der Waals surface area contributed by atoms with Crippen LogP contribution in [0, 0.1) is 0 Å². The van der Waals surface area contributed by atoms with Gasteiger partial charge < -0.3 is 9.88 Å². The Bertz CT molecular complexity index is 1050. The van der Waals surface area contributed by atoms with E-state index in [0.29, 0.717) is 17.7 Å². The van der Waals surface area contributed by atoms with E-state index < -0.39 is 0 Å². The lowest BCUT2D eigenvalue weighted by molar-refractivity contribution is 0.0612. The molecule has 5 heteroatoms. The molecule has 1 aromatic heterocycles. The van der Waals surface area contributed by atoms with Crippen molar-refractivity contribution in [3.05, 3.63) is 80.6 Å². The molecule has 0 radical (unpaired) electrons. The quantitative estimate of drug-likeness (QED) is 0.603. The second kappa shape index (κ2) is 8.31. The first-order chi connectivity index (χ1) is 13.6. The van der Waals surface area contributed by atoms with Gasteiger partial charge in [-0.2, -0.15) is 0 Å². The van der Waals surface area contributed by atoms with Crippen LogP contribution in [0.15, 0.2) is 63.9 Å². The zero-order chi connectivity index (χ0) is 19.5. The molecule has 4 rings (SSSR count). The highest BCUT2D eigenvalue weighted by molar-refractivity contribution is 9.10. The van der Waals surface area contributed by atoms with Crippen molar-refractivity contribution in [2.24, 2.45) is 0 Å². The summed E-state index contributed by atoms with van der Waals surface area (Å²) in [4.78, 5) is 31.0. The summed E-state index contributed by atoms with van der Waals surface area (Å²) in [5, 5.41) is 0.981. The number of halogens is 1. The molecule has 1 N–H and O–H groups in total. The van der Waals surface area contributed by atoms with Gasteiger partial charge in [-0.3, -0.25) is 9.59 Å². The Kier molecular flexibility index (Phi) is 5.62. The molecule has 1 fully saturated rings. The predicted molar refractivity (Wildman–Crippen MR) is 115 cm³/mol. The molecule has 1 aliphatic carbocycles. The van der Waals surface area contributed by atoms with Crippen molar-refractivity contribution in [2.45, 2.75) is 44.7 Å². The highest BCUT2D eigenvalue weighted by Gasteiger charge is 2.28. The van der Waals surface area contributed by atoms with E-state index in [4.69, 9.17) is 0 Å². The Morgan fingerprint density at radius 1 is 1.04 bits per heavy atom. The number of rotatable bonds is 4. The molecule has 0 saturated heterocycles. The first-order valence-electron chi connectivity index (χ1n) is 9.80. The highest BCUT2D eigenvalue weighted by atomic mass is 79.9. The van der Waals surface area contributed by atoms with Gasteiger partial charge >= 0.3 is 0 Å². The minimum Gasteiger partial charge on any atom is -0.331 e. The van der Waals surface area contributed by atoms with Gasteiger partial charge in [0.1, 0.15) is 0 Å². The van der Waals surface area contributed by atoms with Crippen molar-refractivity contribution in [2.75, 3.05) is 0 Å². The average molecular weight is 439 g/mol. The molecule has 1 amide bonds. The number of nitrogens with zero attached hydrogens (tertiary/aromatic N) is 1. The number of pyridine rings is 1. The van der Waals surface area contributed by atoms with Crippen molar-refractivity contribution in [3.63, 3.8) is 0 Å². The van der Waals surface area contributed by atoms with Crippen LogP contribution in [0.3, 0.4) is 0 Å². The molecule has 4 nitrogen and oxygen atoms in total. The summed E-state index contributed by atoms with van der Waals surface area (Å²) in [7, 11) is 0. The Morgan fingerprint density at radius 2 is 1.75 bits per heavy atom. The van der Waals surface area contributed by atoms with Gasteiger partial charge in [0, 0.05) is 21.6 Å². The van der Waals surface area contributed by atoms with Crippen LogP contribution < -0.4 is 5.56 Å². The third kappa shape index (κ3) is 3.90. The zero-order valence-electron chi connectivity index (χ0n) is 15.7. The number of H-pyrrole nitrogens is 1. The van der Waals surface area contributed by atoms with Crippen molar-refractivity contribution in [1.29, 1.82) is 0 Å². The highest BCUT2D eigenvalue weighted by Crippen LogP contribution is 2.27. The summed E-state index contributed by atoms with van der Waals surface area (Å²) in [5.41, 5.74) is 1.96. The van der Waals surface area contributed by atoms with Crippen LogP contribution in [-0.4, -0.2) is 21.8 Å². The number of benzene rings is 2. The van der Waals surface area contributed by atoms with Crippen LogP contribution in [0.4, 0.5) is 0 Å². The Hall–Kier alpha value is -2.40. The SMILES string of the molecule is O=C(c1ccccc1Br)N(Cc1cc2ccccc2[nH]c1=O)C1CCCCC1.